The fraction of sp³-hybridized carbons (Fsp3) is 0.636. The maximum atomic E-state index is 13.0. The monoisotopic (exact) mass is 470 g/mol. The van der Waals surface area contributed by atoms with Crippen molar-refractivity contribution < 1.29 is 14.7 Å². The Hall–Kier alpha value is -1.26. The van der Waals surface area contributed by atoms with Crippen molar-refractivity contribution in [3.05, 3.63) is 35.9 Å². The number of nitrogens with two attached hydrogens (primary N) is 1. The summed E-state index contributed by atoms with van der Waals surface area (Å²) in [6.07, 6.45) is 2.78. The van der Waals surface area contributed by atoms with E-state index in [4.69, 9.17) is 5.73 Å². The quantitative estimate of drug-likeness (QED) is 0.202. The minimum Gasteiger partial charge on any atom is -0.480 e. The third-order valence-corrected chi connectivity index (χ3v) is 6.20. The molecule has 0 radical (unpaired) electrons. The third kappa shape index (κ3) is 11.2. The summed E-state index contributed by atoms with van der Waals surface area (Å²) >= 11 is 5.78. The van der Waals surface area contributed by atoms with Crippen LogP contribution in [0.1, 0.15) is 25.8 Å². The molecule has 0 unspecified atom stereocenters. The first-order valence-electron chi connectivity index (χ1n) is 10.7. The van der Waals surface area contributed by atoms with Gasteiger partial charge < -0.3 is 26.8 Å². The molecule has 0 heterocycles. The van der Waals surface area contributed by atoms with Crippen LogP contribution in [0.4, 0.5) is 0 Å². The van der Waals surface area contributed by atoms with E-state index in [-0.39, 0.29) is 18.0 Å². The van der Waals surface area contributed by atoms with Crippen LogP contribution in [0.2, 0.25) is 0 Å². The van der Waals surface area contributed by atoms with Gasteiger partial charge in [-0.15, -0.1) is 0 Å². The second kappa shape index (κ2) is 15.5. The van der Waals surface area contributed by atoms with Gasteiger partial charge in [-0.25, -0.2) is 4.79 Å². The first kappa shape index (κ1) is 27.8. The van der Waals surface area contributed by atoms with E-state index in [2.05, 4.69) is 42.4 Å². The molecular weight excluding hydrogens is 432 g/mol. The fourth-order valence-electron chi connectivity index (χ4n) is 3.05. The van der Waals surface area contributed by atoms with E-state index in [1.54, 1.807) is 11.8 Å². The summed E-state index contributed by atoms with van der Waals surface area (Å²) in [5, 5.41) is 19.0. The van der Waals surface area contributed by atoms with Crippen LogP contribution < -0.4 is 21.7 Å². The van der Waals surface area contributed by atoms with E-state index in [9.17, 15) is 14.7 Å². The average molecular weight is 471 g/mol. The molecule has 0 saturated carbocycles. The third-order valence-electron chi connectivity index (χ3n) is 5.09. The lowest BCUT2D eigenvalue weighted by molar-refractivity contribution is -0.142. The van der Waals surface area contributed by atoms with E-state index in [0.29, 0.717) is 43.4 Å². The summed E-state index contributed by atoms with van der Waals surface area (Å²) in [6.45, 7) is 5.42. The number of thiol groups is 1. The highest BCUT2D eigenvalue weighted by Gasteiger charge is 2.26. The van der Waals surface area contributed by atoms with Gasteiger partial charge in [-0.05, 0) is 36.3 Å². The second-order valence-electron chi connectivity index (χ2n) is 8.03. The maximum absolute atomic E-state index is 13.0. The molecule has 0 spiro atoms. The zero-order valence-corrected chi connectivity index (χ0v) is 20.4. The van der Waals surface area contributed by atoms with Crippen molar-refractivity contribution in [3.63, 3.8) is 0 Å². The number of aliphatic carboxylic acids is 1. The molecule has 0 aliphatic carbocycles. The number of hydrogen-bond acceptors (Lipinski definition) is 7. The lowest BCUT2D eigenvalue weighted by atomic mass is 10.0. The number of carbonyl (C=O) groups excluding carboxylic acids is 1. The second-order valence-corrected chi connectivity index (χ2v) is 9.38. The van der Waals surface area contributed by atoms with Crippen LogP contribution in [0.15, 0.2) is 30.3 Å². The molecule has 176 valence electrons. The number of hydrogen-bond donors (Lipinski definition) is 6. The first-order valence-corrected chi connectivity index (χ1v) is 12.7. The molecule has 31 heavy (non-hydrogen) atoms. The van der Waals surface area contributed by atoms with Crippen molar-refractivity contribution in [3.8, 4) is 0 Å². The number of nitrogens with one attached hydrogen (secondary N) is 3. The largest absolute Gasteiger partial charge is 0.480 e. The van der Waals surface area contributed by atoms with Gasteiger partial charge >= 0.3 is 5.97 Å². The highest BCUT2D eigenvalue weighted by atomic mass is 32.2. The van der Waals surface area contributed by atoms with Crippen molar-refractivity contribution in [2.24, 2.45) is 11.7 Å². The Morgan fingerprint density at radius 3 is 2.35 bits per heavy atom. The Balaban J connectivity index is 2.86. The molecule has 1 aromatic carbocycles. The summed E-state index contributed by atoms with van der Waals surface area (Å²) < 4.78 is 0. The van der Waals surface area contributed by atoms with E-state index >= 15 is 0 Å². The van der Waals surface area contributed by atoms with E-state index in [1.807, 2.05) is 36.6 Å². The molecular formula is C22H38N4O3S2. The van der Waals surface area contributed by atoms with Crippen LogP contribution in [-0.2, 0) is 16.0 Å². The van der Waals surface area contributed by atoms with Crippen molar-refractivity contribution in [2.45, 2.75) is 50.9 Å². The number of rotatable bonds is 16. The minimum atomic E-state index is -1.01. The van der Waals surface area contributed by atoms with Crippen LogP contribution >= 0.6 is 24.4 Å². The van der Waals surface area contributed by atoms with Crippen LogP contribution in [-0.4, -0.2) is 72.0 Å². The Morgan fingerprint density at radius 2 is 1.81 bits per heavy atom. The topological polar surface area (TPSA) is 116 Å². The standard InChI is InChI=1S/C22H38N4O3S2/c1-15(2)20(24-12-17(23)14-30)13-25-19(11-16-7-5-4-6-8-16)21(27)26-18(22(28)29)9-10-31-3/h4-8,15,17-20,24-25,30H,9-14,23H2,1-3H3,(H,26,27)(H,28,29)/t17-,18+,19+,20+/m1/s1. The number of carbonyl (C=O) groups is 2. The normalized spacial score (nSPS) is 15.3. The summed E-state index contributed by atoms with van der Waals surface area (Å²) in [5.41, 5.74) is 6.98. The van der Waals surface area contributed by atoms with Gasteiger partial charge in [0.15, 0.2) is 0 Å². The maximum Gasteiger partial charge on any atom is 0.326 e. The summed E-state index contributed by atoms with van der Waals surface area (Å²) in [5.74, 6) is 0.277. The molecule has 0 aliphatic rings. The predicted octanol–water partition coefficient (Wildman–Crippen LogP) is 1.38. The molecule has 0 fully saturated rings. The molecule has 9 heteroatoms. The van der Waals surface area contributed by atoms with Crippen molar-refractivity contribution in [1.29, 1.82) is 0 Å². The van der Waals surface area contributed by atoms with Crippen LogP contribution in [0.3, 0.4) is 0 Å². The SMILES string of the molecule is CSCC[C@H](NC(=O)[C@H](Cc1ccccc1)NC[C@H](NC[C@@H](N)CS)C(C)C)C(=O)O. The highest BCUT2D eigenvalue weighted by Crippen LogP contribution is 2.08. The van der Waals surface area contributed by atoms with Gasteiger partial charge in [0.05, 0.1) is 6.04 Å². The van der Waals surface area contributed by atoms with Gasteiger partial charge in [0, 0.05) is 30.9 Å². The number of carboxylic acid groups (broad SMARTS) is 1. The van der Waals surface area contributed by atoms with E-state index < -0.39 is 18.1 Å². The Labute approximate surface area is 196 Å². The van der Waals surface area contributed by atoms with E-state index in [0.717, 1.165) is 5.56 Å². The van der Waals surface area contributed by atoms with Crippen LogP contribution in [0.25, 0.3) is 0 Å². The summed E-state index contributed by atoms with van der Waals surface area (Å²) in [4.78, 5) is 24.6. The zero-order valence-electron chi connectivity index (χ0n) is 18.7. The highest BCUT2D eigenvalue weighted by molar-refractivity contribution is 7.98. The molecule has 1 aromatic rings. The number of amides is 1. The van der Waals surface area contributed by atoms with Gasteiger partial charge in [0.1, 0.15) is 6.04 Å². The smallest absolute Gasteiger partial charge is 0.326 e. The number of thioether (sulfide) groups is 1. The molecule has 0 bridgehead atoms. The van der Waals surface area contributed by atoms with Gasteiger partial charge in [0.25, 0.3) is 0 Å². The molecule has 1 rings (SSSR count). The van der Waals surface area contributed by atoms with Gasteiger partial charge in [0.2, 0.25) is 5.91 Å². The predicted molar refractivity (Wildman–Crippen MR) is 133 cm³/mol. The average Bonchev–Trinajstić information content (AvgIpc) is 2.75. The Kier molecular flexibility index (Phi) is 13.9. The van der Waals surface area contributed by atoms with Crippen LogP contribution in [0.5, 0.6) is 0 Å². The minimum absolute atomic E-state index is 0.0410. The van der Waals surface area contributed by atoms with Gasteiger partial charge in [-0.3, -0.25) is 4.79 Å². The lowest BCUT2D eigenvalue weighted by Gasteiger charge is -2.28. The van der Waals surface area contributed by atoms with Crippen molar-refractivity contribution in [1.82, 2.24) is 16.0 Å². The molecule has 7 nitrogen and oxygen atoms in total. The first-order chi connectivity index (χ1) is 14.8. The molecule has 0 aliphatic heterocycles. The molecule has 1 amide bonds. The fourth-order valence-corrected chi connectivity index (χ4v) is 3.65. The molecule has 0 saturated heterocycles. The molecule has 0 aromatic heterocycles. The lowest BCUT2D eigenvalue weighted by Crippen LogP contribution is -2.55. The molecule has 6 N–H and O–H groups in total. The molecule has 4 atom stereocenters. The Morgan fingerprint density at radius 1 is 1.13 bits per heavy atom. The summed E-state index contributed by atoms with van der Waals surface area (Å²) in [6, 6.07) is 8.36. The van der Waals surface area contributed by atoms with Gasteiger partial charge in [-0.1, -0.05) is 44.2 Å². The van der Waals surface area contributed by atoms with Crippen molar-refractivity contribution in [2.75, 3.05) is 30.9 Å². The van der Waals surface area contributed by atoms with Gasteiger partial charge in [-0.2, -0.15) is 24.4 Å². The van der Waals surface area contributed by atoms with Crippen molar-refractivity contribution >= 4 is 36.3 Å². The summed E-state index contributed by atoms with van der Waals surface area (Å²) in [7, 11) is 0. The van der Waals surface area contributed by atoms with E-state index in [1.165, 1.54) is 0 Å². The van der Waals surface area contributed by atoms with Crippen LogP contribution in [0, 0.1) is 5.92 Å². The zero-order chi connectivity index (χ0) is 23.2. The number of carboxylic acids is 1. The Bertz CT molecular complexity index is 649. The number of benzene rings is 1.